The second-order valence-corrected chi connectivity index (χ2v) is 6.52. The first kappa shape index (κ1) is 21.7. The minimum Gasteiger partial charge on any atom is -0.355 e. The van der Waals surface area contributed by atoms with E-state index in [4.69, 9.17) is 11.6 Å². The normalized spacial score (nSPS) is 10.8. The average Bonchev–Trinajstić information content (AvgIpc) is 2.99. The third-order valence-corrected chi connectivity index (χ3v) is 4.78. The summed E-state index contributed by atoms with van der Waals surface area (Å²) in [6, 6.07) is 9.09. The minimum absolute atomic E-state index is 0. The number of thiophene rings is 1. The monoisotopic (exact) mass is 492 g/mol. The molecule has 1 aromatic heterocycles. The number of guanidine groups is 1. The van der Waals surface area contributed by atoms with Crippen molar-refractivity contribution >= 4 is 58.8 Å². The molecule has 0 aliphatic carbocycles. The van der Waals surface area contributed by atoms with E-state index in [1.54, 1.807) is 42.6 Å². The van der Waals surface area contributed by atoms with E-state index in [1.807, 2.05) is 0 Å². The number of benzene rings is 1. The number of carbonyl (C=O) groups excluding carboxylic acids is 1. The number of aryl methyl sites for hydroxylation is 1. The van der Waals surface area contributed by atoms with Crippen molar-refractivity contribution in [1.82, 2.24) is 16.0 Å². The lowest BCUT2D eigenvalue weighted by Gasteiger charge is -2.12. The summed E-state index contributed by atoms with van der Waals surface area (Å²) in [5.41, 5.74) is 1.75. The van der Waals surface area contributed by atoms with Gasteiger partial charge in [0.2, 0.25) is 0 Å². The summed E-state index contributed by atoms with van der Waals surface area (Å²) in [5, 5.41) is 11.8. The van der Waals surface area contributed by atoms with Crippen molar-refractivity contribution in [2.75, 3.05) is 20.1 Å². The zero-order chi connectivity index (χ0) is 17.4. The van der Waals surface area contributed by atoms with Gasteiger partial charge >= 0.3 is 0 Å². The van der Waals surface area contributed by atoms with Gasteiger partial charge in [0.05, 0.1) is 17.1 Å². The molecule has 0 fully saturated rings. The van der Waals surface area contributed by atoms with Crippen LogP contribution in [0.3, 0.4) is 0 Å². The Bertz CT molecular complexity index is 720. The molecule has 0 bridgehead atoms. The molecule has 0 aliphatic heterocycles. The zero-order valence-electron chi connectivity index (χ0n) is 14.1. The van der Waals surface area contributed by atoms with Crippen LogP contribution in [-0.2, 0) is 6.54 Å². The van der Waals surface area contributed by atoms with Crippen molar-refractivity contribution in [2.24, 2.45) is 4.99 Å². The molecule has 2 rings (SSSR count). The fourth-order valence-electron chi connectivity index (χ4n) is 2.07. The molecule has 1 heterocycles. The Hall–Kier alpha value is -1.32. The lowest BCUT2D eigenvalue weighted by molar-refractivity contribution is 0.0954. The minimum atomic E-state index is -0.181. The molecule has 8 heteroatoms. The van der Waals surface area contributed by atoms with Gasteiger partial charge in [-0.2, -0.15) is 0 Å². The average molecular weight is 493 g/mol. The molecule has 0 spiro atoms. The number of rotatable bonds is 6. The van der Waals surface area contributed by atoms with Crippen LogP contribution in [0.15, 0.2) is 40.7 Å². The standard InChI is InChI=1S/C17H21ClN4OS.HI/c1-12-7-10-24-15(12)11-22-17(19-2)21-9-8-20-16(23)13-5-3-4-6-14(13)18;/h3-7,10H,8-9,11H2,1-2H3,(H,20,23)(H2,19,21,22);1H. The zero-order valence-corrected chi connectivity index (χ0v) is 18.0. The van der Waals surface area contributed by atoms with E-state index in [2.05, 4.69) is 39.3 Å². The van der Waals surface area contributed by atoms with Crippen LogP contribution in [-0.4, -0.2) is 32.0 Å². The molecule has 2 aromatic rings. The van der Waals surface area contributed by atoms with Crippen LogP contribution in [0.5, 0.6) is 0 Å². The molecule has 3 N–H and O–H groups in total. The van der Waals surface area contributed by atoms with Gasteiger partial charge in [-0.3, -0.25) is 9.79 Å². The Kier molecular flexibility index (Phi) is 9.84. The van der Waals surface area contributed by atoms with Crippen LogP contribution in [0.4, 0.5) is 0 Å². The first-order valence-electron chi connectivity index (χ1n) is 7.62. The van der Waals surface area contributed by atoms with Gasteiger partial charge in [-0.25, -0.2) is 0 Å². The second-order valence-electron chi connectivity index (χ2n) is 5.12. The number of nitrogens with zero attached hydrogens (tertiary/aromatic N) is 1. The molecule has 1 aromatic carbocycles. The maximum atomic E-state index is 12.0. The summed E-state index contributed by atoms with van der Waals surface area (Å²) >= 11 is 7.72. The lowest BCUT2D eigenvalue weighted by Crippen LogP contribution is -2.41. The Morgan fingerprint density at radius 1 is 1.16 bits per heavy atom. The molecule has 0 unspecified atom stereocenters. The maximum absolute atomic E-state index is 12.0. The molecule has 5 nitrogen and oxygen atoms in total. The second kappa shape index (κ2) is 11.3. The van der Waals surface area contributed by atoms with E-state index >= 15 is 0 Å². The van der Waals surface area contributed by atoms with E-state index in [-0.39, 0.29) is 29.9 Å². The van der Waals surface area contributed by atoms with Crippen LogP contribution >= 0.6 is 46.9 Å². The first-order valence-corrected chi connectivity index (χ1v) is 8.87. The number of amides is 1. The molecule has 136 valence electrons. The summed E-state index contributed by atoms with van der Waals surface area (Å²) in [6.07, 6.45) is 0. The quantitative estimate of drug-likeness (QED) is 0.251. The summed E-state index contributed by atoms with van der Waals surface area (Å²) in [4.78, 5) is 17.5. The highest BCUT2D eigenvalue weighted by Gasteiger charge is 2.08. The number of halogens is 2. The van der Waals surface area contributed by atoms with Crippen LogP contribution < -0.4 is 16.0 Å². The summed E-state index contributed by atoms with van der Waals surface area (Å²) in [5.74, 6) is 0.523. The van der Waals surface area contributed by atoms with Gasteiger partial charge in [0.25, 0.3) is 5.91 Å². The molecule has 1 amide bonds. The largest absolute Gasteiger partial charge is 0.355 e. The molecule has 25 heavy (non-hydrogen) atoms. The Labute approximate surface area is 174 Å². The summed E-state index contributed by atoms with van der Waals surface area (Å²) < 4.78 is 0. The van der Waals surface area contributed by atoms with Crippen LogP contribution in [0.25, 0.3) is 0 Å². The molecule has 0 aliphatic rings. The predicted octanol–water partition coefficient (Wildman–Crippen LogP) is 3.42. The van der Waals surface area contributed by atoms with Crippen molar-refractivity contribution < 1.29 is 4.79 Å². The van der Waals surface area contributed by atoms with Crippen LogP contribution in [0, 0.1) is 6.92 Å². The van der Waals surface area contributed by atoms with Gasteiger partial charge in [0.15, 0.2) is 5.96 Å². The topological polar surface area (TPSA) is 65.5 Å². The van der Waals surface area contributed by atoms with Crippen LogP contribution in [0.2, 0.25) is 5.02 Å². The molecular formula is C17H22ClIN4OS. The highest BCUT2D eigenvalue weighted by molar-refractivity contribution is 14.0. The van der Waals surface area contributed by atoms with E-state index in [0.717, 1.165) is 6.54 Å². The Balaban J connectivity index is 0.00000312. The first-order chi connectivity index (χ1) is 11.6. The summed E-state index contributed by atoms with van der Waals surface area (Å²) in [7, 11) is 1.72. The fourth-order valence-corrected chi connectivity index (χ4v) is 3.13. The molecular weight excluding hydrogens is 471 g/mol. The van der Waals surface area contributed by atoms with E-state index in [1.165, 1.54) is 10.4 Å². The number of aliphatic imine (C=N–C) groups is 1. The van der Waals surface area contributed by atoms with E-state index in [0.29, 0.717) is 29.6 Å². The third-order valence-electron chi connectivity index (χ3n) is 3.43. The Morgan fingerprint density at radius 2 is 1.88 bits per heavy atom. The fraction of sp³-hybridized carbons (Fsp3) is 0.294. The highest BCUT2D eigenvalue weighted by atomic mass is 127. The van der Waals surface area contributed by atoms with Crippen molar-refractivity contribution in [1.29, 1.82) is 0 Å². The van der Waals surface area contributed by atoms with Crippen molar-refractivity contribution in [2.45, 2.75) is 13.5 Å². The molecule has 0 atom stereocenters. The maximum Gasteiger partial charge on any atom is 0.252 e. The predicted molar refractivity (Wildman–Crippen MR) is 116 cm³/mol. The number of hydrogen-bond donors (Lipinski definition) is 3. The van der Waals surface area contributed by atoms with Gasteiger partial charge in [-0.05, 0) is 36.1 Å². The van der Waals surface area contributed by atoms with E-state index in [9.17, 15) is 4.79 Å². The molecule has 0 saturated carbocycles. The number of hydrogen-bond acceptors (Lipinski definition) is 3. The van der Waals surface area contributed by atoms with Gasteiger partial charge in [-0.15, -0.1) is 35.3 Å². The molecule has 0 saturated heterocycles. The van der Waals surface area contributed by atoms with Gasteiger partial charge in [0, 0.05) is 25.0 Å². The highest BCUT2D eigenvalue weighted by Crippen LogP contribution is 2.15. The van der Waals surface area contributed by atoms with Crippen molar-refractivity contribution in [3.8, 4) is 0 Å². The lowest BCUT2D eigenvalue weighted by atomic mass is 10.2. The van der Waals surface area contributed by atoms with Crippen molar-refractivity contribution in [3.63, 3.8) is 0 Å². The van der Waals surface area contributed by atoms with Crippen LogP contribution in [0.1, 0.15) is 20.8 Å². The number of nitrogens with one attached hydrogen (secondary N) is 3. The van der Waals surface area contributed by atoms with E-state index < -0.39 is 0 Å². The number of carbonyl (C=O) groups is 1. The van der Waals surface area contributed by atoms with Gasteiger partial charge < -0.3 is 16.0 Å². The van der Waals surface area contributed by atoms with Gasteiger partial charge in [0.1, 0.15) is 0 Å². The third kappa shape index (κ3) is 6.83. The SMILES string of the molecule is CN=C(NCCNC(=O)c1ccccc1Cl)NCc1sccc1C.I. The van der Waals surface area contributed by atoms with Gasteiger partial charge in [-0.1, -0.05) is 23.7 Å². The smallest absolute Gasteiger partial charge is 0.252 e. The van der Waals surface area contributed by atoms with Crippen molar-refractivity contribution in [3.05, 3.63) is 56.7 Å². The molecule has 0 radical (unpaired) electrons. The summed E-state index contributed by atoms with van der Waals surface area (Å²) in [6.45, 7) is 3.87. The Morgan fingerprint density at radius 3 is 2.52 bits per heavy atom.